The molecule has 4 nitrogen and oxygen atoms in total. The number of aromatic nitrogens is 1. The first kappa shape index (κ1) is 11.6. The third kappa shape index (κ3) is 4.15. The number of aliphatic hydroxyl groups excluding tert-OH is 1. The second kappa shape index (κ2) is 6.89. The lowest BCUT2D eigenvalue weighted by Gasteiger charge is -2.15. The molecule has 1 aromatic heterocycles. The third-order valence-electron chi connectivity index (χ3n) is 1.89. The van der Waals surface area contributed by atoms with E-state index in [0.717, 1.165) is 6.54 Å². The molecule has 0 bridgehead atoms. The fourth-order valence-corrected chi connectivity index (χ4v) is 1.72. The quantitative estimate of drug-likeness (QED) is 0.702. The summed E-state index contributed by atoms with van der Waals surface area (Å²) in [6, 6.07) is 0.215. The highest BCUT2D eigenvalue weighted by Crippen LogP contribution is 2.05. The average Bonchev–Trinajstić information content (AvgIpc) is 2.67. The fraction of sp³-hybridized carbons (Fsp3) is 0.667. The van der Waals surface area contributed by atoms with E-state index in [4.69, 9.17) is 9.84 Å². The first-order valence-electron chi connectivity index (χ1n) is 4.57. The SMILES string of the molecule is COCC(CCO)NCc1cncs1. The van der Waals surface area contributed by atoms with Crippen LogP contribution in [-0.2, 0) is 11.3 Å². The molecule has 0 aromatic carbocycles. The number of nitrogens with zero attached hydrogens (tertiary/aromatic N) is 1. The highest BCUT2D eigenvalue weighted by molar-refractivity contribution is 7.09. The first-order valence-corrected chi connectivity index (χ1v) is 5.45. The Morgan fingerprint density at radius 2 is 2.57 bits per heavy atom. The van der Waals surface area contributed by atoms with Crippen molar-refractivity contribution in [3.05, 3.63) is 16.6 Å². The van der Waals surface area contributed by atoms with Crippen molar-refractivity contribution in [1.82, 2.24) is 10.3 Å². The molecule has 14 heavy (non-hydrogen) atoms. The second-order valence-electron chi connectivity index (χ2n) is 3.01. The number of hydrogen-bond donors (Lipinski definition) is 2. The van der Waals surface area contributed by atoms with Crippen LogP contribution < -0.4 is 5.32 Å². The van der Waals surface area contributed by atoms with Gasteiger partial charge < -0.3 is 15.2 Å². The van der Waals surface area contributed by atoms with Gasteiger partial charge in [0.25, 0.3) is 0 Å². The van der Waals surface area contributed by atoms with Crippen molar-refractivity contribution in [3.63, 3.8) is 0 Å². The van der Waals surface area contributed by atoms with Crippen molar-refractivity contribution in [2.75, 3.05) is 20.3 Å². The van der Waals surface area contributed by atoms with E-state index in [1.165, 1.54) is 4.88 Å². The van der Waals surface area contributed by atoms with E-state index < -0.39 is 0 Å². The summed E-state index contributed by atoms with van der Waals surface area (Å²) in [7, 11) is 1.67. The molecule has 0 aliphatic rings. The van der Waals surface area contributed by atoms with Crippen LogP contribution in [-0.4, -0.2) is 36.5 Å². The zero-order chi connectivity index (χ0) is 10.2. The van der Waals surface area contributed by atoms with Crippen molar-refractivity contribution >= 4 is 11.3 Å². The molecular formula is C9H16N2O2S. The van der Waals surface area contributed by atoms with E-state index >= 15 is 0 Å². The van der Waals surface area contributed by atoms with Crippen molar-refractivity contribution in [1.29, 1.82) is 0 Å². The van der Waals surface area contributed by atoms with Gasteiger partial charge in [-0.2, -0.15) is 0 Å². The van der Waals surface area contributed by atoms with E-state index in [-0.39, 0.29) is 12.6 Å². The molecule has 0 aliphatic heterocycles. The molecule has 0 radical (unpaired) electrons. The van der Waals surface area contributed by atoms with Crippen molar-refractivity contribution < 1.29 is 9.84 Å². The Kier molecular flexibility index (Phi) is 5.70. The molecule has 1 aromatic rings. The third-order valence-corrected chi connectivity index (χ3v) is 2.67. The van der Waals surface area contributed by atoms with Gasteiger partial charge in [-0.15, -0.1) is 11.3 Å². The normalized spacial score (nSPS) is 13.0. The maximum absolute atomic E-state index is 8.82. The van der Waals surface area contributed by atoms with Gasteiger partial charge in [-0.1, -0.05) is 0 Å². The van der Waals surface area contributed by atoms with Gasteiger partial charge in [0, 0.05) is 37.4 Å². The van der Waals surface area contributed by atoms with Gasteiger partial charge in [-0.05, 0) is 6.42 Å². The maximum atomic E-state index is 8.82. The molecule has 0 saturated carbocycles. The van der Waals surface area contributed by atoms with Gasteiger partial charge in [-0.25, -0.2) is 0 Å². The summed E-state index contributed by atoms with van der Waals surface area (Å²) in [5.41, 5.74) is 1.81. The number of methoxy groups -OCH3 is 1. The summed E-state index contributed by atoms with van der Waals surface area (Å²) >= 11 is 1.62. The molecule has 2 N–H and O–H groups in total. The number of thiazole rings is 1. The highest BCUT2D eigenvalue weighted by Gasteiger charge is 2.06. The Balaban J connectivity index is 2.25. The summed E-state index contributed by atoms with van der Waals surface area (Å²) in [4.78, 5) is 5.19. The lowest BCUT2D eigenvalue weighted by molar-refractivity contribution is 0.148. The largest absolute Gasteiger partial charge is 0.396 e. The Bertz CT molecular complexity index is 223. The van der Waals surface area contributed by atoms with Gasteiger partial charge in [0.15, 0.2) is 0 Å². The van der Waals surface area contributed by atoms with Crippen LogP contribution in [0.15, 0.2) is 11.7 Å². The first-order chi connectivity index (χ1) is 6.86. The topological polar surface area (TPSA) is 54.4 Å². The minimum Gasteiger partial charge on any atom is -0.396 e. The van der Waals surface area contributed by atoms with Crippen molar-refractivity contribution in [2.45, 2.75) is 19.0 Å². The Hall–Kier alpha value is -0.490. The molecule has 5 heteroatoms. The van der Waals surface area contributed by atoms with Crippen molar-refractivity contribution in [3.8, 4) is 0 Å². The molecule has 1 heterocycles. The van der Waals surface area contributed by atoms with Gasteiger partial charge in [-0.3, -0.25) is 4.98 Å². The predicted molar refractivity (Wildman–Crippen MR) is 56.3 cm³/mol. The summed E-state index contributed by atoms with van der Waals surface area (Å²) in [6.45, 7) is 1.60. The van der Waals surface area contributed by atoms with Crippen LogP contribution >= 0.6 is 11.3 Å². The molecule has 1 unspecified atom stereocenters. The summed E-state index contributed by atoms with van der Waals surface area (Å²) in [5.74, 6) is 0. The van der Waals surface area contributed by atoms with E-state index in [1.807, 2.05) is 11.7 Å². The molecule has 0 fully saturated rings. The highest BCUT2D eigenvalue weighted by atomic mass is 32.1. The van der Waals surface area contributed by atoms with Crippen LogP contribution in [0.3, 0.4) is 0 Å². The minimum absolute atomic E-state index is 0.184. The minimum atomic E-state index is 0.184. The molecule has 0 amide bonds. The summed E-state index contributed by atoms with van der Waals surface area (Å²) in [6.07, 6.45) is 2.56. The van der Waals surface area contributed by atoms with Gasteiger partial charge in [0.1, 0.15) is 0 Å². The second-order valence-corrected chi connectivity index (χ2v) is 3.98. The lowest BCUT2D eigenvalue weighted by Crippen LogP contribution is -2.33. The lowest BCUT2D eigenvalue weighted by atomic mass is 10.2. The average molecular weight is 216 g/mol. The Morgan fingerprint density at radius 3 is 3.14 bits per heavy atom. The van der Waals surface area contributed by atoms with Crippen LogP contribution in [0.5, 0.6) is 0 Å². The van der Waals surface area contributed by atoms with Crippen molar-refractivity contribution in [2.24, 2.45) is 0 Å². The number of nitrogens with one attached hydrogen (secondary N) is 1. The zero-order valence-corrected chi connectivity index (χ0v) is 9.09. The Labute approximate surface area is 87.9 Å². The van der Waals surface area contributed by atoms with Gasteiger partial charge in [0.2, 0.25) is 0 Å². The molecule has 0 aliphatic carbocycles. The molecule has 0 saturated heterocycles. The molecule has 80 valence electrons. The zero-order valence-electron chi connectivity index (χ0n) is 8.27. The number of ether oxygens (including phenoxy) is 1. The standard InChI is InChI=1S/C9H16N2O2S/c1-13-6-8(2-3-12)11-5-9-4-10-7-14-9/h4,7-8,11-12H,2-3,5-6H2,1H3. The van der Waals surface area contributed by atoms with Crippen LogP contribution in [0.4, 0.5) is 0 Å². The van der Waals surface area contributed by atoms with Gasteiger partial charge in [0.05, 0.1) is 12.1 Å². The summed E-state index contributed by atoms with van der Waals surface area (Å²) in [5, 5.41) is 12.1. The predicted octanol–water partition coefficient (Wildman–Crippen LogP) is 0.630. The van der Waals surface area contributed by atoms with Gasteiger partial charge >= 0.3 is 0 Å². The number of rotatable bonds is 7. The number of aliphatic hydroxyl groups is 1. The fourth-order valence-electron chi connectivity index (χ4n) is 1.18. The van der Waals surface area contributed by atoms with Crippen LogP contribution in [0, 0.1) is 0 Å². The smallest absolute Gasteiger partial charge is 0.0794 e. The number of hydrogen-bond acceptors (Lipinski definition) is 5. The van der Waals surface area contributed by atoms with E-state index in [0.29, 0.717) is 13.0 Å². The van der Waals surface area contributed by atoms with E-state index in [2.05, 4.69) is 10.3 Å². The molecule has 1 atom stereocenters. The molecule has 0 spiro atoms. The summed E-state index contributed by atoms with van der Waals surface area (Å²) < 4.78 is 5.04. The van der Waals surface area contributed by atoms with Crippen LogP contribution in [0.2, 0.25) is 0 Å². The van der Waals surface area contributed by atoms with E-state index in [9.17, 15) is 0 Å². The van der Waals surface area contributed by atoms with Crippen LogP contribution in [0.1, 0.15) is 11.3 Å². The Morgan fingerprint density at radius 1 is 1.71 bits per heavy atom. The van der Waals surface area contributed by atoms with E-state index in [1.54, 1.807) is 18.4 Å². The molecular weight excluding hydrogens is 200 g/mol. The molecule has 1 rings (SSSR count). The monoisotopic (exact) mass is 216 g/mol. The maximum Gasteiger partial charge on any atom is 0.0794 e. The van der Waals surface area contributed by atoms with Crippen LogP contribution in [0.25, 0.3) is 0 Å².